The molecule has 0 bridgehead atoms. The third-order valence-corrected chi connectivity index (χ3v) is 3.85. The predicted octanol–water partition coefficient (Wildman–Crippen LogP) is 4.21. The minimum Gasteiger partial charge on any atom is -0.493 e. The molecule has 0 heterocycles. The molecule has 2 N–H and O–H groups in total. The molecule has 0 saturated carbocycles. The number of nitrogens with one attached hydrogen (secondary N) is 2. The lowest BCUT2D eigenvalue weighted by Crippen LogP contribution is -2.34. The number of anilines is 1. The van der Waals surface area contributed by atoms with Gasteiger partial charge in [-0.05, 0) is 77.6 Å². The number of benzene rings is 2. The second kappa shape index (κ2) is 8.83. The van der Waals surface area contributed by atoms with Gasteiger partial charge >= 0.3 is 0 Å². The lowest BCUT2D eigenvalue weighted by molar-refractivity contribution is 0.0973. The molecular weight excluding hydrogens is 423 g/mol. The van der Waals surface area contributed by atoms with E-state index in [4.69, 9.17) is 17.0 Å². The Bertz CT molecular complexity index is 689. The highest BCUT2D eigenvalue weighted by molar-refractivity contribution is 14.1. The number of carbonyl (C=O) groups is 1. The summed E-state index contributed by atoms with van der Waals surface area (Å²) in [6.45, 7) is 2.58. The lowest BCUT2D eigenvalue weighted by atomic mass is 10.2. The number of hydrogen-bond acceptors (Lipinski definition) is 3. The largest absolute Gasteiger partial charge is 0.493 e. The maximum atomic E-state index is 12.4. The fourth-order valence-corrected chi connectivity index (χ4v) is 2.43. The Hall–Kier alpha value is -1.67. The first-order valence-electron chi connectivity index (χ1n) is 7.20. The Morgan fingerprint density at radius 3 is 2.57 bits per heavy atom. The van der Waals surface area contributed by atoms with E-state index in [9.17, 15) is 4.79 Å². The van der Waals surface area contributed by atoms with Crippen LogP contribution >= 0.6 is 34.8 Å². The van der Waals surface area contributed by atoms with Gasteiger partial charge in [-0.15, -0.1) is 0 Å². The summed E-state index contributed by atoms with van der Waals surface area (Å²) >= 11 is 7.42. The van der Waals surface area contributed by atoms with Crippen molar-refractivity contribution in [2.75, 3.05) is 11.9 Å². The Morgan fingerprint density at radius 2 is 1.87 bits per heavy atom. The van der Waals surface area contributed by atoms with Crippen molar-refractivity contribution in [3.63, 3.8) is 0 Å². The van der Waals surface area contributed by atoms with Gasteiger partial charge in [-0.1, -0.05) is 19.1 Å². The molecule has 1 amide bonds. The van der Waals surface area contributed by atoms with Gasteiger partial charge in [0.25, 0.3) is 5.91 Å². The van der Waals surface area contributed by atoms with Gasteiger partial charge in [-0.2, -0.15) is 0 Å². The number of ether oxygens (including phenoxy) is 1. The number of carbonyl (C=O) groups excluding carboxylic acids is 1. The zero-order valence-corrected chi connectivity index (χ0v) is 15.6. The molecule has 0 aliphatic carbocycles. The highest BCUT2D eigenvalue weighted by Gasteiger charge is 2.13. The molecule has 0 aromatic heterocycles. The SMILES string of the molecule is CCCOc1ccccc1C(=O)NC(=S)Nc1ccc(I)cc1. The van der Waals surface area contributed by atoms with Crippen LogP contribution in [0.1, 0.15) is 23.7 Å². The molecule has 0 atom stereocenters. The summed E-state index contributed by atoms with van der Waals surface area (Å²) in [5.74, 6) is 0.267. The summed E-state index contributed by atoms with van der Waals surface area (Å²) in [4.78, 5) is 12.4. The minimum absolute atomic E-state index is 0.251. The smallest absolute Gasteiger partial charge is 0.261 e. The quantitative estimate of drug-likeness (QED) is 0.541. The van der Waals surface area contributed by atoms with Gasteiger partial charge in [-0.3, -0.25) is 10.1 Å². The van der Waals surface area contributed by atoms with Crippen molar-refractivity contribution in [1.29, 1.82) is 0 Å². The van der Waals surface area contributed by atoms with E-state index in [1.54, 1.807) is 18.2 Å². The Morgan fingerprint density at radius 1 is 1.17 bits per heavy atom. The Labute approximate surface area is 154 Å². The number of rotatable bonds is 5. The monoisotopic (exact) mass is 440 g/mol. The van der Waals surface area contributed by atoms with E-state index >= 15 is 0 Å². The molecule has 0 saturated heterocycles. The summed E-state index contributed by atoms with van der Waals surface area (Å²) in [5, 5.41) is 5.91. The van der Waals surface area contributed by atoms with Crippen LogP contribution in [0.2, 0.25) is 0 Å². The molecule has 0 spiro atoms. The van der Waals surface area contributed by atoms with Crippen LogP contribution in [0.25, 0.3) is 0 Å². The second-order valence-electron chi connectivity index (χ2n) is 4.76. The van der Waals surface area contributed by atoms with Crippen molar-refractivity contribution < 1.29 is 9.53 Å². The van der Waals surface area contributed by atoms with Crippen LogP contribution in [0.15, 0.2) is 48.5 Å². The number of thiocarbonyl (C=S) groups is 1. The van der Waals surface area contributed by atoms with E-state index in [1.165, 1.54) is 0 Å². The van der Waals surface area contributed by atoms with Crippen LogP contribution in [0.5, 0.6) is 5.75 Å². The molecule has 0 aliphatic rings. The molecule has 0 unspecified atom stereocenters. The summed E-state index contributed by atoms with van der Waals surface area (Å²) < 4.78 is 6.72. The molecule has 2 aromatic rings. The number of halogens is 1. The first-order valence-corrected chi connectivity index (χ1v) is 8.68. The average Bonchev–Trinajstić information content (AvgIpc) is 2.55. The fourth-order valence-electron chi connectivity index (χ4n) is 1.86. The molecule has 120 valence electrons. The van der Waals surface area contributed by atoms with Gasteiger partial charge in [-0.25, -0.2) is 0 Å². The maximum absolute atomic E-state index is 12.4. The first-order chi connectivity index (χ1) is 11.1. The highest BCUT2D eigenvalue weighted by Crippen LogP contribution is 2.18. The van der Waals surface area contributed by atoms with Gasteiger partial charge in [0, 0.05) is 9.26 Å². The predicted molar refractivity (Wildman–Crippen MR) is 105 cm³/mol. The van der Waals surface area contributed by atoms with Crippen LogP contribution in [-0.2, 0) is 0 Å². The standard InChI is InChI=1S/C17H17IN2O2S/c1-2-11-22-15-6-4-3-5-14(15)16(21)20-17(23)19-13-9-7-12(18)8-10-13/h3-10H,2,11H2,1H3,(H2,19,20,21,23). The maximum Gasteiger partial charge on any atom is 0.261 e. The zero-order valence-electron chi connectivity index (χ0n) is 12.6. The van der Waals surface area contributed by atoms with Gasteiger partial charge in [0.2, 0.25) is 0 Å². The third kappa shape index (κ3) is 5.47. The van der Waals surface area contributed by atoms with Gasteiger partial charge in [0.1, 0.15) is 5.75 Å². The van der Waals surface area contributed by atoms with Crippen molar-refractivity contribution in [1.82, 2.24) is 5.32 Å². The summed E-state index contributed by atoms with van der Waals surface area (Å²) in [6, 6.07) is 14.8. The van der Waals surface area contributed by atoms with Crippen LogP contribution in [0.4, 0.5) is 5.69 Å². The fraction of sp³-hybridized carbons (Fsp3) is 0.176. The van der Waals surface area contributed by atoms with E-state index in [2.05, 4.69) is 33.2 Å². The molecule has 2 rings (SSSR count). The van der Waals surface area contributed by atoms with Crippen molar-refractivity contribution in [2.24, 2.45) is 0 Å². The zero-order chi connectivity index (χ0) is 16.7. The molecule has 4 nitrogen and oxygen atoms in total. The first kappa shape index (κ1) is 17.7. The van der Waals surface area contributed by atoms with Gasteiger partial charge in [0.15, 0.2) is 5.11 Å². The van der Waals surface area contributed by atoms with E-state index in [1.807, 2.05) is 37.3 Å². The second-order valence-corrected chi connectivity index (χ2v) is 6.41. The molecule has 0 aliphatic heterocycles. The average molecular weight is 440 g/mol. The van der Waals surface area contributed by atoms with Crippen LogP contribution < -0.4 is 15.4 Å². The molecule has 23 heavy (non-hydrogen) atoms. The summed E-state index contributed by atoms with van der Waals surface area (Å²) in [6.07, 6.45) is 0.878. The van der Waals surface area contributed by atoms with Crippen molar-refractivity contribution in [3.05, 3.63) is 57.7 Å². The van der Waals surface area contributed by atoms with Crippen molar-refractivity contribution in [3.8, 4) is 5.75 Å². The minimum atomic E-state index is -0.292. The molecule has 0 radical (unpaired) electrons. The molecular formula is C17H17IN2O2S. The third-order valence-electron chi connectivity index (χ3n) is 2.92. The van der Waals surface area contributed by atoms with Crippen molar-refractivity contribution >= 4 is 51.5 Å². The van der Waals surface area contributed by atoms with Gasteiger partial charge < -0.3 is 10.1 Å². The van der Waals surface area contributed by atoms with Crippen LogP contribution in [-0.4, -0.2) is 17.6 Å². The van der Waals surface area contributed by atoms with E-state index in [-0.39, 0.29) is 11.0 Å². The summed E-state index contributed by atoms with van der Waals surface area (Å²) in [7, 11) is 0. The number of para-hydroxylation sites is 1. The Kier molecular flexibility index (Phi) is 6.79. The van der Waals surface area contributed by atoms with E-state index in [0.29, 0.717) is 17.9 Å². The molecule has 6 heteroatoms. The highest BCUT2D eigenvalue weighted by atomic mass is 127. The van der Waals surface area contributed by atoms with Crippen LogP contribution in [0, 0.1) is 3.57 Å². The van der Waals surface area contributed by atoms with E-state index in [0.717, 1.165) is 15.7 Å². The number of hydrogen-bond donors (Lipinski definition) is 2. The van der Waals surface area contributed by atoms with Gasteiger partial charge in [0.05, 0.1) is 12.2 Å². The topological polar surface area (TPSA) is 50.4 Å². The molecule has 2 aromatic carbocycles. The number of amides is 1. The Balaban J connectivity index is 2.01. The molecule has 0 fully saturated rings. The lowest BCUT2D eigenvalue weighted by Gasteiger charge is -2.12. The van der Waals surface area contributed by atoms with Crippen LogP contribution in [0.3, 0.4) is 0 Å². The van der Waals surface area contributed by atoms with Crippen molar-refractivity contribution in [2.45, 2.75) is 13.3 Å². The van der Waals surface area contributed by atoms with E-state index < -0.39 is 0 Å². The normalized spacial score (nSPS) is 10.0. The summed E-state index contributed by atoms with van der Waals surface area (Å²) in [5.41, 5.74) is 1.29.